The van der Waals surface area contributed by atoms with E-state index in [0.29, 0.717) is 11.0 Å². The Kier molecular flexibility index (Phi) is 7.30. The smallest absolute Gasteiger partial charge is 0.449 e. The molecule has 1 aliphatic carbocycles. The Morgan fingerprint density at radius 3 is 2.00 bits per heavy atom. The normalized spacial score (nSPS) is 14.1. The third-order valence-corrected chi connectivity index (χ3v) is 5.43. The summed E-state index contributed by atoms with van der Waals surface area (Å²) in [6, 6.07) is 13.9. The standard InChI is InChI=1S/C24H25F3N2O5/c1-29(2,3)13-12-20(21(30)34-22(31)24(25,26)27)28-23(32)33-14-19-17-10-6-4-8-15(17)16-9-5-7-11-18(16)19/h4-11,19-20H,12-14H2,1-3H3/p+1/t20-/m1/s1. The van der Waals surface area contributed by atoms with Crippen LogP contribution in [-0.2, 0) is 19.1 Å². The Morgan fingerprint density at radius 2 is 1.50 bits per heavy atom. The van der Waals surface area contributed by atoms with Crippen molar-refractivity contribution >= 4 is 18.0 Å². The number of alkyl halides is 3. The number of ether oxygens (including phenoxy) is 2. The van der Waals surface area contributed by atoms with Gasteiger partial charge in [0.25, 0.3) is 0 Å². The van der Waals surface area contributed by atoms with E-state index < -0.39 is 30.2 Å². The number of benzene rings is 2. The maximum Gasteiger partial charge on any atom is 0.491 e. The fourth-order valence-corrected chi connectivity index (χ4v) is 3.77. The van der Waals surface area contributed by atoms with Gasteiger partial charge in [-0.1, -0.05) is 48.5 Å². The lowest BCUT2D eigenvalue weighted by atomic mass is 9.98. The summed E-state index contributed by atoms with van der Waals surface area (Å²) >= 11 is 0. The highest BCUT2D eigenvalue weighted by Gasteiger charge is 2.43. The van der Waals surface area contributed by atoms with Gasteiger partial charge in [-0.2, -0.15) is 13.2 Å². The van der Waals surface area contributed by atoms with E-state index >= 15 is 0 Å². The van der Waals surface area contributed by atoms with Gasteiger partial charge in [0.2, 0.25) is 0 Å². The summed E-state index contributed by atoms with van der Waals surface area (Å²) in [6.45, 7) is 0.266. The number of quaternary nitrogens is 1. The Morgan fingerprint density at radius 1 is 0.971 bits per heavy atom. The molecule has 1 atom stereocenters. The third-order valence-electron chi connectivity index (χ3n) is 5.43. The summed E-state index contributed by atoms with van der Waals surface area (Å²) in [5, 5.41) is 2.25. The van der Waals surface area contributed by atoms with Crippen LogP contribution in [0.5, 0.6) is 0 Å². The van der Waals surface area contributed by atoms with Gasteiger partial charge in [-0.05, 0) is 22.3 Å². The second-order valence-electron chi connectivity index (χ2n) is 9.03. The van der Waals surface area contributed by atoms with Crippen molar-refractivity contribution in [1.82, 2.24) is 5.32 Å². The Labute approximate surface area is 195 Å². The van der Waals surface area contributed by atoms with Crippen molar-refractivity contribution in [3.8, 4) is 11.1 Å². The number of alkyl carbamates (subject to hydrolysis) is 1. The molecule has 0 spiro atoms. The van der Waals surface area contributed by atoms with Crippen LogP contribution in [-0.4, -0.2) is 69.0 Å². The number of hydrogen-bond acceptors (Lipinski definition) is 5. The van der Waals surface area contributed by atoms with E-state index in [0.717, 1.165) is 22.3 Å². The van der Waals surface area contributed by atoms with Crippen LogP contribution in [0.4, 0.5) is 18.0 Å². The van der Waals surface area contributed by atoms with Gasteiger partial charge in [0.1, 0.15) is 12.6 Å². The van der Waals surface area contributed by atoms with Crippen molar-refractivity contribution in [2.24, 2.45) is 0 Å². The number of hydrogen-bond donors (Lipinski definition) is 1. The van der Waals surface area contributed by atoms with Crippen molar-refractivity contribution in [3.63, 3.8) is 0 Å². The highest BCUT2D eigenvalue weighted by Crippen LogP contribution is 2.44. The first-order chi connectivity index (χ1) is 15.9. The molecule has 10 heteroatoms. The van der Waals surface area contributed by atoms with E-state index in [9.17, 15) is 27.6 Å². The number of carbonyl (C=O) groups excluding carboxylic acids is 3. The first kappa shape index (κ1) is 25.2. The summed E-state index contributed by atoms with van der Waals surface area (Å²) in [4.78, 5) is 35.8. The summed E-state index contributed by atoms with van der Waals surface area (Å²) in [6.07, 6.45) is -6.38. The maximum atomic E-state index is 12.5. The first-order valence-corrected chi connectivity index (χ1v) is 10.6. The Bertz CT molecular complexity index is 1030. The van der Waals surface area contributed by atoms with Gasteiger partial charge in [0, 0.05) is 12.3 Å². The van der Waals surface area contributed by atoms with E-state index in [1.54, 1.807) is 21.1 Å². The second-order valence-corrected chi connectivity index (χ2v) is 9.03. The largest absolute Gasteiger partial charge is 0.491 e. The van der Waals surface area contributed by atoms with Crippen molar-refractivity contribution < 1.29 is 41.5 Å². The van der Waals surface area contributed by atoms with Crippen LogP contribution < -0.4 is 5.32 Å². The van der Waals surface area contributed by atoms with Gasteiger partial charge in [0.05, 0.1) is 27.7 Å². The van der Waals surface area contributed by atoms with Crippen molar-refractivity contribution in [3.05, 3.63) is 59.7 Å². The molecule has 1 amide bonds. The van der Waals surface area contributed by atoms with Gasteiger partial charge >= 0.3 is 24.2 Å². The van der Waals surface area contributed by atoms with Crippen molar-refractivity contribution in [2.45, 2.75) is 24.6 Å². The molecule has 0 radical (unpaired) electrons. The first-order valence-electron chi connectivity index (χ1n) is 10.6. The third kappa shape index (κ3) is 6.13. The molecule has 1 aliphatic rings. The lowest BCUT2D eigenvalue weighted by molar-refractivity contribution is -0.870. The number of rotatable bonds is 7. The zero-order chi connectivity index (χ0) is 25.1. The van der Waals surface area contributed by atoms with Gasteiger partial charge in [0.15, 0.2) is 0 Å². The van der Waals surface area contributed by atoms with Crippen LogP contribution >= 0.6 is 0 Å². The molecule has 182 valence electrons. The highest BCUT2D eigenvalue weighted by atomic mass is 19.4. The molecule has 7 nitrogen and oxygen atoms in total. The molecule has 2 aromatic carbocycles. The molecule has 0 aromatic heterocycles. The van der Waals surface area contributed by atoms with Gasteiger partial charge < -0.3 is 19.3 Å². The number of esters is 2. The van der Waals surface area contributed by atoms with E-state index in [1.165, 1.54) is 0 Å². The molecule has 0 aliphatic heterocycles. The van der Waals surface area contributed by atoms with E-state index in [2.05, 4.69) is 10.1 Å². The molecule has 1 N–H and O–H groups in total. The SMILES string of the molecule is C[N+](C)(C)CC[C@@H](NC(=O)OCC1c2ccccc2-c2ccccc21)C(=O)OC(=O)C(F)(F)F. The van der Waals surface area contributed by atoms with Crippen LogP contribution in [0.25, 0.3) is 11.1 Å². The topological polar surface area (TPSA) is 81.7 Å². The predicted octanol–water partition coefficient (Wildman–Crippen LogP) is 3.62. The van der Waals surface area contributed by atoms with Crippen LogP contribution in [0, 0.1) is 0 Å². The number of halogens is 3. The molecule has 0 fully saturated rings. The van der Waals surface area contributed by atoms with Gasteiger partial charge in [-0.25, -0.2) is 14.4 Å². The van der Waals surface area contributed by atoms with Crippen molar-refractivity contribution in [1.29, 1.82) is 0 Å². The molecular formula is C24H26F3N2O5+. The zero-order valence-corrected chi connectivity index (χ0v) is 19.0. The number of amides is 1. The minimum absolute atomic E-state index is 0.0432. The van der Waals surface area contributed by atoms with Crippen LogP contribution in [0.1, 0.15) is 23.5 Å². The minimum atomic E-state index is -5.33. The van der Waals surface area contributed by atoms with Crippen LogP contribution in [0.3, 0.4) is 0 Å². The molecular weight excluding hydrogens is 453 g/mol. The van der Waals surface area contributed by atoms with E-state index in [-0.39, 0.29) is 18.9 Å². The highest BCUT2D eigenvalue weighted by molar-refractivity contribution is 5.92. The number of nitrogens with one attached hydrogen (secondary N) is 1. The number of nitrogens with zero attached hydrogens (tertiary/aromatic N) is 1. The van der Waals surface area contributed by atoms with Crippen molar-refractivity contribution in [2.75, 3.05) is 34.3 Å². The fourth-order valence-electron chi connectivity index (χ4n) is 3.77. The lowest BCUT2D eigenvalue weighted by Gasteiger charge is -2.26. The second kappa shape index (κ2) is 9.84. The van der Waals surface area contributed by atoms with Crippen LogP contribution in [0.2, 0.25) is 0 Å². The molecule has 2 aromatic rings. The minimum Gasteiger partial charge on any atom is -0.449 e. The van der Waals surface area contributed by atoms with Crippen LogP contribution in [0.15, 0.2) is 48.5 Å². The molecule has 34 heavy (non-hydrogen) atoms. The molecule has 0 saturated carbocycles. The summed E-state index contributed by atoms with van der Waals surface area (Å²) in [5.41, 5.74) is 4.02. The van der Waals surface area contributed by atoms with E-state index in [1.807, 2.05) is 48.5 Å². The fraction of sp³-hybridized carbons (Fsp3) is 0.375. The predicted molar refractivity (Wildman–Crippen MR) is 117 cm³/mol. The summed E-state index contributed by atoms with van der Waals surface area (Å²) in [5.74, 6) is -4.37. The molecule has 0 bridgehead atoms. The molecule has 0 saturated heterocycles. The monoisotopic (exact) mass is 479 g/mol. The average Bonchev–Trinajstić information content (AvgIpc) is 3.07. The molecule has 0 heterocycles. The summed E-state index contributed by atoms with van der Waals surface area (Å²) in [7, 11) is 5.41. The van der Waals surface area contributed by atoms with E-state index in [4.69, 9.17) is 4.74 Å². The molecule has 0 unspecified atom stereocenters. The number of fused-ring (bicyclic) bond motifs is 3. The van der Waals surface area contributed by atoms with Gasteiger partial charge in [-0.15, -0.1) is 0 Å². The average molecular weight is 479 g/mol. The maximum absolute atomic E-state index is 12.5. The zero-order valence-electron chi connectivity index (χ0n) is 19.0. The Hall–Kier alpha value is -3.40. The Balaban J connectivity index is 1.68. The van der Waals surface area contributed by atoms with Gasteiger partial charge in [-0.3, -0.25) is 0 Å². The summed E-state index contributed by atoms with van der Waals surface area (Å²) < 4.78 is 47.2. The lowest BCUT2D eigenvalue weighted by Crippen LogP contribution is -2.47. The molecule has 3 rings (SSSR count). The quantitative estimate of drug-likeness (QED) is 0.373. The number of carbonyl (C=O) groups is 3.